The molecule has 4 rings (SSSR count). The lowest BCUT2D eigenvalue weighted by Gasteiger charge is -2.16. The number of carbonyl (C=O) groups is 2. The molecular formula is C21H19FN4O2. The van der Waals surface area contributed by atoms with Crippen molar-refractivity contribution in [1.82, 2.24) is 14.7 Å². The number of nitrogens with zero attached hydrogens (tertiary/aromatic N) is 3. The Morgan fingerprint density at radius 1 is 1.11 bits per heavy atom. The van der Waals surface area contributed by atoms with Crippen LogP contribution in [0.2, 0.25) is 0 Å². The van der Waals surface area contributed by atoms with Crippen molar-refractivity contribution >= 4 is 17.5 Å². The van der Waals surface area contributed by atoms with Crippen molar-refractivity contribution in [2.24, 2.45) is 5.92 Å². The van der Waals surface area contributed by atoms with E-state index in [1.165, 1.54) is 29.1 Å². The standard InChI is InChI=1S/C21H19FN4O2/c22-16-6-4-5-14(11-16)21(28)25-10-9-15(13-25)19(27)18-12-24-26(20(18)23)17-7-2-1-3-8-17/h1-8,11-12,15H,9-10,13,23H2/t15-/m0/s1. The van der Waals surface area contributed by atoms with E-state index in [1.54, 1.807) is 11.0 Å². The number of aromatic nitrogens is 2. The lowest BCUT2D eigenvalue weighted by molar-refractivity contribution is 0.0780. The van der Waals surface area contributed by atoms with E-state index in [0.29, 0.717) is 18.5 Å². The fraction of sp³-hybridized carbons (Fsp3) is 0.190. The van der Waals surface area contributed by atoms with Crippen LogP contribution < -0.4 is 5.73 Å². The van der Waals surface area contributed by atoms with Gasteiger partial charge in [-0.3, -0.25) is 9.59 Å². The number of para-hydroxylation sites is 1. The number of likely N-dealkylation sites (tertiary alicyclic amines) is 1. The van der Waals surface area contributed by atoms with Gasteiger partial charge in [0.25, 0.3) is 5.91 Å². The van der Waals surface area contributed by atoms with Gasteiger partial charge in [-0.05, 0) is 36.8 Å². The number of Topliss-reactive ketones (excluding diaryl/α,β-unsaturated/α-hetero) is 1. The van der Waals surface area contributed by atoms with E-state index in [0.717, 1.165) is 5.69 Å². The molecule has 1 amide bonds. The fourth-order valence-corrected chi connectivity index (χ4v) is 3.51. The minimum Gasteiger partial charge on any atom is -0.383 e. The van der Waals surface area contributed by atoms with Crippen LogP contribution in [-0.2, 0) is 0 Å². The van der Waals surface area contributed by atoms with Crippen molar-refractivity contribution in [1.29, 1.82) is 0 Å². The zero-order valence-electron chi connectivity index (χ0n) is 15.1. The minimum absolute atomic E-state index is 0.130. The van der Waals surface area contributed by atoms with Crippen LogP contribution >= 0.6 is 0 Å². The molecule has 1 atom stereocenters. The van der Waals surface area contributed by atoms with Gasteiger partial charge in [0, 0.05) is 24.6 Å². The highest BCUT2D eigenvalue weighted by Crippen LogP contribution is 2.26. The van der Waals surface area contributed by atoms with Gasteiger partial charge in [0.05, 0.1) is 17.4 Å². The smallest absolute Gasteiger partial charge is 0.253 e. The Morgan fingerprint density at radius 2 is 1.89 bits per heavy atom. The number of hydrogen-bond acceptors (Lipinski definition) is 4. The monoisotopic (exact) mass is 378 g/mol. The summed E-state index contributed by atoms with van der Waals surface area (Å²) in [5.74, 6) is -0.935. The average molecular weight is 378 g/mol. The van der Waals surface area contributed by atoms with Crippen LogP contribution in [0.3, 0.4) is 0 Å². The number of amides is 1. The van der Waals surface area contributed by atoms with Gasteiger partial charge in [0.2, 0.25) is 0 Å². The molecule has 2 aromatic carbocycles. The number of benzene rings is 2. The average Bonchev–Trinajstić information content (AvgIpc) is 3.35. The Labute approximate surface area is 161 Å². The number of rotatable bonds is 4. The Kier molecular flexibility index (Phi) is 4.65. The SMILES string of the molecule is Nc1c(C(=O)[C@H]2CCN(C(=O)c3cccc(F)c3)C2)cnn1-c1ccccc1. The van der Waals surface area contributed by atoms with E-state index in [-0.39, 0.29) is 35.5 Å². The molecule has 0 aliphatic carbocycles. The van der Waals surface area contributed by atoms with Gasteiger partial charge in [-0.25, -0.2) is 9.07 Å². The largest absolute Gasteiger partial charge is 0.383 e. The number of nitrogens with two attached hydrogens (primary N) is 1. The second-order valence-electron chi connectivity index (χ2n) is 6.80. The number of nitrogen functional groups attached to an aromatic ring is 1. The lowest BCUT2D eigenvalue weighted by Crippen LogP contribution is -2.30. The lowest BCUT2D eigenvalue weighted by atomic mass is 9.98. The fourth-order valence-electron chi connectivity index (χ4n) is 3.51. The molecule has 0 unspecified atom stereocenters. The molecule has 7 heteroatoms. The maximum atomic E-state index is 13.4. The molecule has 0 radical (unpaired) electrons. The van der Waals surface area contributed by atoms with E-state index in [2.05, 4.69) is 5.10 Å². The maximum Gasteiger partial charge on any atom is 0.253 e. The molecule has 1 saturated heterocycles. The van der Waals surface area contributed by atoms with Crippen molar-refractivity contribution in [3.63, 3.8) is 0 Å². The summed E-state index contributed by atoms with van der Waals surface area (Å²) in [5, 5.41) is 4.24. The van der Waals surface area contributed by atoms with Crippen molar-refractivity contribution in [2.75, 3.05) is 18.8 Å². The van der Waals surface area contributed by atoms with Crippen LogP contribution in [0.5, 0.6) is 0 Å². The molecule has 0 spiro atoms. The van der Waals surface area contributed by atoms with Gasteiger partial charge >= 0.3 is 0 Å². The molecule has 6 nitrogen and oxygen atoms in total. The van der Waals surface area contributed by atoms with Crippen LogP contribution in [0, 0.1) is 11.7 Å². The normalized spacial score (nSPS) is 16.3. The van der Waals surface area contributed by atoms with Gasteiger partial charge < -0.3 is 10.6 Å². The van der Waals surface area contributed by atoms with Crippen LogP contribution in [0.4, 0.5) is 10.2 Å². The predicted octanol–water partition coefficient (Wildman–Crippen LogP) is 2.94. The van der Waals surface area contributed by atoms with E-state index in [9.17, 15) is 14.0 Å². The highest BCUT2D eigenvalue weighted by atomic mass is 19.1. The first kappa shape index (κ1) is 17.9. The Hall–Kier alpha value is -3.48. The zero-order chi connectivity index (χ0) is 19.7. The van der Waals surface area contributed by atoms with Gasteiger partial charge in [-0.2, -0.15) is 5.10 Å². The van der Waals surface area contributed by atoms with Crippen molar-refractivity contribution in [3.8, 4) is 5.69 Å². The molecule has 2 heterocycles. The predicted molar refractivity (Wildman–Crippen MR) is 103 cm³/mol. The molecule has 142 valence electrons. The summed E-state index contributed by atoms with van der Waals surface area (Å²) in [5.41, 5.74) is 7.57. The second-order valence-corrected chi connectivity index (χ2v) is 6.80. The van der Waals surface area contributed by atoms with Gasteiger partial charge in [0.1, 0.15) is 11.6 Å². The van der Waals surface area contributed by atoms with Gasteiger partial charge in [-0.1, -0.05) is 24.3 Å². The molecule has 1 fully saturated rings. The molecule has 3 aromatic rings. The van der Waals surface area contributed by atoms with E-state index in [1.807, 2.05) is 30.3 Å². The van der Waals surface area contributed by atoms with Gasteiger partial charge in [-0.15, -0.1) is 0 Å². The number of ketones is 1. The quantitative estimate of drug-likeness (QED) is 0.708. The molecule has 1 aromatic heterocycles. The number of anilines is 1. The van der Waals surface area contributed by atoms with Crippen molar-refractivity contribution in [3.05, 3.63) is 77.7 Å². The van der Waals surface area contributed by atoms with Crippen LogP contribution in [0.15, 0.2) is 60.8 Å². The number of carbonyl (C=O) groups excluding carboxylic acids is 2. The Bertz CT molecular complexity index is 1030. The molecule has 1 aliphatic rings. The summed E-state index contributed by atoms with van der Waals surface area (Å²) >= 11 is 0. The second kappa shape index (κ2) is 7.26. The minimum atomic E-state index is -0.459. The first-order valence-electron chi connectivity index (χ1n) is 9.02. The first-order valence-corrected chi connectivity index (χ1v) is 9.02. The summed E-state index contributed by atoms with van der Waals surface area (Å²) in [4.78, 5) is 27.1. The number of halogens is 1. The van der Waals surface area contributed by atoms with Crippen LogP contribution in [-0.4, -0.2) is 39.5 Å². The van der Waals surface area contributed by atoms with Crippen molar-refractivity contribution < 1.29 is 14.0 Å². The van der Waals surface area contributed by atoms with Crippen molar-refractivity contribution in [2.45, 2.75) is 6.42 Å². The summed E-state index contributed by atoms with van der Waals surface area (Å²) < 4.78 is 14.9. The highest BCUT2D eigenvalue weighted by Gasteiger charge is 2.33. The third-order valence-corrected chi connectivity index (χ3v) is 4.99. The Morgan fingerprint density at radius 3 is 2.64 bits per heavy atom. The topological polar surface area (TPSA) is 81.2 Å². The first-order chi connectivity index (χ1) is 13.5. The molecular weight excluding hydrogens is 359 g/mol. The summed E-state index contributed by atoms with van der Waals surface area (Å²) in [7, 11) is 0. The summed E-state index contributed by atoms with van der Waals surface area (Å²) in [6.07, 6.45) is 2.01. The Balaban J connectivity index is 1.50. The van der Waals surface area contributed by atoms with E-state index in [4.69, 9.17) is 5.73 Å². The highest BCUT2D eigenvalue weighted by molar-refractivity contribution is 6.03. The molecule has 1 aliphatic heterocycles. The number of hydrogen-bond donors (Lipinski definition) is 1. The maximum absolute atomic E-state index is 13.4. The molecule has 0 saturated carbocycles. The van der Waals surface area contributed by atoms with E-state index >= 15 is 0 Å². The molecule has 28 heavy (non-hydrogen) atoms. The molecule has 2 N–H and O–H groups in total. The van der Waals surface area contributed by atoms with Crippen LogP contribution in [0.25, 0.3) is 5.69 Å². The summed E-state index contributed by atoms with van der Waals surface area (Å²) in [6, 6.07) is 14.9. The van der Waals surface area contributed by atoms with Gasteiger partial charge in [0.15, 0.2) is 5.78 Å². The molecule has 0 bridgehead atoms. The zero-order valence-corrected chi connectivity index (χ0v) is 15.1. The van der Waals surface area contributed by atoms with E-state index < -0.39 is 5.82 Å². The summed E-state index contributed by atoms with van der Waals surface area (Å²) in [6.45, 7) is 0.725. The van der Waals surface area contributed by atoms with Crippen LogP contribution in [0.1, 0.15) is 27.1 Å². The third-order valence-electron chi connectivity index (χ3n) is 4.99. The third kappa shape index (κ3) is 3.26.